The van der Waals surface area contributed by atoms with Crippen LogP contribution in [0.15, 0.2) is 24.3 Å². The second-order valence-corrected chi connectivity index (χ2v) is 5.39. The van der Waals surface area contributed by atoms with E-state index in [1.807, 2.05) is 39.0 Å². The van der Waals surface area contributed by atoms with E-state index in [0.29, 0.717) is 16.4 Å². The van der Waals surface area contributed by atoms with Gasteiger partial charge in [-0.15, -0.1) is 0 Å². The Bertz CT molecular complexity index is 640. The van der Waals surface area contributed by atoms with E-state index >= 15 is 0 Å². The van der Waals surface area contributed by atoms with Crippen molar-refractivity contribution in [3.8, 4) is 0 Å². The van der Waals surface area contributed by atoms with Gasteiger partial charge in [-0.05, 0) is 43.5 Å². The number of carbonyl (C=O) groups is 1. The first-order chi connectivity index (χ1) is 9.40. The third kappa shape index (κ3) is 2.94. The summed E-state index contributed by atoms with van der Waals surface area (Å²) in [7, 11) is 0. The van der Waals surface area contributed by atoms with Crippen LogP contribution in [0.4, 0.5) is 5.69 Å². The highest BCUT2D eigenvalue weighted by atomic mass is 35.5. The number of aryl methyl sites for hydroxylation is 3. The van der Waals surface area contributed by atoms with Gasteiger partial charge < -0.3 is 5.32 Å². The van der Waals surface area contributed by atoms with Crippen molar-refractivity contribution in [2.24, 2.45) is 0 Å². The Balaban J connectivity index is 2.38. The smallest absolute Gasteiger partial charge is 0.256 e. The Hall–Kier alpha value is -1.58. The summed E-state index contributed by atoms with van der Waals surface area (Å²) in [5, 5.41) is 3.30. The fraction of sp³-hybridized carbons (Fsp3) is 0.200. The molecule has 2 aromatic rings. The lowest BCUT2D eigenvalue weighted by molar-refractivity contribution is 0.102. The molecule has 0 radical (unpaired) electrons. The fourth-order valence-corrected chi connectivity index (χ4v) is 2.67. The molecule has 20 heavy (non-hydrogen) atoms. The summed E-state index contributed by atoms with van der Waals surface area (Å²) >= 11 is 11.9. The summed E-state index contributed by atoms with van der Waals surface area (Å²) in [6, 6.07) is 7.38. The predicted molar refractivity (Wildman–Crippen MR) is 82.9 cm³/mol. The molecule has 0 bridgehead atoms. The van der Waals surface area contributed by atoms with Crippen molar-refractivity contribution in [3.05, 3.63) is 56.8 Å². The van der Waals surface area contributed by atoms with Crippen molar-refractivity contribution in [1.82, 2.24) is 4.98 Å². The van der Waals surface area contributed by atoms with E-state index in [0.717, 1.165) is 16.7 Å². The van der Waals surface area contributed by atoms with Gasteiger partial charge in [-0.3, -0.25) is 4.79 Å². The van der Waals surface area contributed by atoms with Gasteiger partial charge in [-0.1, -0.05) is 41.4 Å². The monoisotopic (exact) mass is 308 g/mol. The molecule has 1 heterocycles. The van der Waals surface area contributed by atoms with E-state index in [1.165, 1.54) is 0 Å². The molecule has 5 heteroatoms. The molecule has 1 aromatic carbocycles. The molecular weight excluding hydrogens is 295 g/mol. The third-order valence-corrected chi connectivity index (χ3v) is 3.56. The molecule has 1 aromatic heterocycles. The summed E-state index contributed by atoms with van der Waals surface area (Å²) < 4.78 is 0. The van der Waals surface area contributed by atoms with E-state index in [2.05, 4.69) is 10.3 Å². The van der Waals surface area contributed by atoms with Gasteiger partial charge in [0.25, 0.3) is 5.91 Å². The van der Waals surface area contributed by atoms with Gasteiger partial charge in [0.15, 0.2) is 5.15 Å². The molecule has 0 saturated heterocycles. The zero-order valence-corrected chi connectivity index (χ0v) is 12.9. The predicted octanol–water partition coefficient (Wildman–Crippen LogP) is 4.57. The van der Waals surface area contributed by atoms with Gasteiger partial charge in [0.05, 0.1) is 5.69 Å². The van der Waals surface area contributed by atoms with Crippen LogP contribution in [0.25, 0.3) is 0 Å². The Morgan fingerprint density at radius 3 is 2.25 bits per heavy atom. The SMILES string of the molecule is Cc1cc(Cl)nc(Cl)c1NC(=O)c1c(C)cccc1C. The average Bonchev–Trinajstić information content (AvgIpc) is 2.33. The lowest BCUT2D eigenvalue weighted by Gasteiger charge is -2.13. The Kier molecular flexibility index (Phi) is 4.31. The molecule has 0 aliphatic rings. The van der Waals surface area contributed by atoms with Gasteiger partial charge >= 0.3 is 0 Å². The van der Waals surface area contributed by atoms with Gasteiger partial charge in [-0.25, -0.2) is 4.98 Å². The molecule has 2 rings (SSSR count). The molecule has 1 amide bonds. The standard InChI is InChI=1S/C15H14Cl2N2O/c1-8-5-4-6-9(2)12(8)15(20)19-13-10(3)7-11(16)18-14(13)17/h4-7H,1-3H3,(H,19,20). The first-order valence-electron chi connectivity index (χ1n) is 6.10. The highest BCUT2D eigenvalue weighted by molar-refractivity contribution is 6.35. The van der Waals surface area contributed by atoms with Crippen molar-refractivity contribution in [2.75, 3.05) is 5.32 Å². The van der Waals surface area contributed by atoms with Crippen molar-refractivity contribution in [1.29, 1.82) is 0 Å². The molecule has 3 nitrogen and oxygen atoms in total. The number of nitrogens with one attached hydrogen (secondary N) is 1. The molecule has 0 aliphatic heterocycles. The number of carbonyl (C=O) groups excluding carboxylic acids is 1. The highest BCUT2D eigenvalue weighted by Gasteiger charge is 2.15. The Labute approximate surface area is 127 Å². The quantitative estimate of drug-likeness (QED) is 0.826. The summed E-state index contributed by atoms with van der Waals surface area (Å²) in [4.78, 5) is 16.4. The van der Waals surface area contributed by atoms with Gasteiger partial charge in [-0.2, -0.15) is 0 Å². The van der Waals surface area contributed by atoms with E-state index < -0.39 is 0 Å². The van der Waals surface area contributed by atoms with E-state index in [9.17, 15) is 4.79 Å². The van der Waals surface area contributed by atoms with Crippen LogP contribution in [0, 0.1) is 20.8 Å². The topological polar surface area (TPSA) is 42.0 Å². The number of halogens is 2. The van der Waals surface area contributed by atoms with Crippen LogP contribution in [-0.4, -0.2) is 10.9 Å². The lowest BCUT2D eigenvalue weighted by Crippen LogP contribution is -2.16. The first kappa shape index (κ1) is 14.8. The molecule has 0 atom stereocenters. The minimum atomic E-state index is -0.199. The van der Waals surface area contributed by atoms with Crippen LogP contribution in [0.2, 0.25) is 10.3 Å². The number of aromatic nitrogens is 1. The van der Waals surface area contributed by atoms with E-state index in [4.69, 9.17) is 23.2 Å². The first-order valence-corrected chi connectivity index (χ1v) is 6.86. The zero-order valence-electron chi connectivity index (χ0n) is 11.4. The second-order valence-electron chi connectivity index (χ2n) is 4.65. The van der Waals surface area contributed by atoms with Gasteiger partial charge in [0.1, 0.15) is 5.15 Å². The number of pyridine rings is 1. The van der Waals surface area contributed by atoms with Crippen molar-refractivity contribution < 1.29 is 4.79 Å². The zero-order chi connectivity index (χ0) is 14.9. The van der Waals surface area contributed by atoms with Crippen LogP contribution >= 0.6 is 23.2 Å². The van der Waals surface area contributed by atoms with Crippen molar-refractivity contribution in [3.63, 3.8) is 0 Å². The maximum Gasteiger partial charge on any atom is 0.256 e. The summed E-state index contributed by atoms with van der Waals surface area (Å²) in [6.07, 6.45) is 0. The minimum Gasteiger partial charge on any atom is -0.319 e. The van der Waals surface area contributed by atoms with Crippen LogP contribution in [0.5, 0.6) is 0 Å². The summed E-state index contributed by atoms with van der Waals surface area (Å²) in [5.41, 5.74) is 3.74. The second kappa shape index (κ2) is 5.81. The molecule has 1 N–H and O–H groups in total. The molecular formula is C15H14Cl2N2O. The van der Waals surface area contributed by atoms with Crippen LogP contribution < -0.4 is 5.32 Å². The normalized spacial score (nSPS) is 10.4. The Morgan fingerprint density at radius 2 is 1.70 bits per heavy atom. The number of benzene rings is 1. The number of hydrogen-bond donors (Lipinski definition) is 1. The van der Waals surface area contributed by atoms with E-state index in [1.54, 1.807) is 6.07 Å². The molecule has 0 unspecified atom stereocenters. The number of hydrogen-bond acceptors (Lipinski definition) is 2. The third-order valence-electron chi connectivity index (χ3n) is 3.09. The van der Waals surface area contributed by atoms with Crippen LogP contribution in [0.1, 0.15) is 27.0 Å². The maximum atomic E-state index is 12.4. The number of anilines is 1. The largest absolute Gasteiger partial charge is 0.319 e. The van der Waals surface area contributed by atoms with Gasteiger partial charge in [0, 0.05) is 5.56 Å². The Morgan fingerprint density at radius 1 is 1.10 bits per heavy atom. The van der Waals surface area contributed by atoms with Crippen LogP contribution in [0.3, 0.4) is 0 Å². The average molecular weight is 309 g/mol. The number of amides is 1. The lowest BCUT2D eigenvalue weighted by atomic mass is 10.0. The molecule has 104 valence electrons. The van der Waals surface area contributed by atoms with Gasteiger partial charge in [0.2, 0.25) is 0 Å². The molecule has 0 fully saturated rings. The summed E-state index contributed by atoms with van der Waals surface area (Å²) in [6.45, 7) is 5.62. The maximum absolute atomic E-state index is 12.4. The number of nitrogens with zero attached hydrogens (tertiary/aromatic N) is 1. The molecule has 0 saturated carbocycles. The van der Waals surface area contributed by atoms with E-state index in [-0.39, 0.29) is 11.1 Å². The molecule has 0 aliphatic carbocycles. The molecule has 0 spiro atoms. The van der Waals surface area contributed by atoms with Crippen molar-refractivity contribution >= 4 is 34.8 Å². The fourth-order valence-electron chi connectivity index (χ4n) is 2.09. The summed E-state index contributed by atoms with van der Waals surface area (Å²) in [5.74, 6) is -0.199. The van der Waals surface area contributed by atoms with Crippen LogP contribution in [-0.2, 0) is 0 Å². The number of rotatable bonds is 2. The highest BCUT2D eigenvalue weighted by Crippen LogP contribution is 2.27. The minimum absolute atomic E-state index is 0.189. The van der Waals surface area contributed by atoms with Crippen molar-refractivity contribution in [2.45, 2.75) is 20.8 Å².